The minimum absolute atomic E-state index is 0. The number of rotatable bonds is 4. The van der Waals surface area contributed by atoms with Crippen LogP contribution in [0.5, 0.6) is 0 Å². The summed E-state index contributed by atoms with van der Waals surface area (Å²) in [5.74, 6) is 0.537. The highest BCUT2D eigenvalue weighted by atomic mass is 35.5. The first-order valence-electron chi connectivity index (χ1n) is 9.47. The van der Waals surface area contributed by atoms with E-state index in [9.17, 15) is 13.2 Å². The number of nitrogens with one attached hydrogen (secondary N) is 2. The number of amides is 1. The molecule has 27 heavy (non-hydrogen) atoms. The van der Waals surface area contributed by atoms with Crippen molar-refractivity contribution in [1.82, 2.24) is 5.32 Å². The van der Waals surface area contributed by atoms with Crippen molar-refractivity contribution in [2.24, 2.45) is 11.3 Å². The zero-order valence-corrected chi connectivity index (χ0v) is 18.0. The molecule has 0 aromatic heterocycles. The Labute approximate surface area is 169 Å². The van der Waals surface area contributed by atoms with Crippen molar-refractivity contribution in [1.29, 1.82) is 0 Å². The van der Waals surface area contributed by atoms with E-state index in [0.29, 0.717) is 5.92 Å². The number of hydrogen-bond donors (Lipinski definition) is 2. The maximum Gasteiger partial charge on any atom is 0.232 e. The van der Waals surface area contributed by atoms with Gasteiger partial charge in [0, 0.05) is 12.2 Å². The molecule has 0 radical (unpaired) electrons. The highest BCUT2D eigenvalue weighted by molar-refractivity contribution is 7.91. The first-order chi connectivity index (χ1) is 12.1. The molecule has 1 amide bonds. The number of fused-ring (bicyclic) bond motifs is 1. The lowest BCUT2D eigenvalue weighted by molar-refractivity contribution is -0.128. The fraction of sp³-hybridized carbons (Fsp3) is 0.650. The molecule has 5 nitrogen and oxygen atoms in total. The zero-order chi connectivity index (χ0) is 19.0. The molecule has 1 aromatic rings. The highest BCUT2D eigenvalue weighted by Crippen LogP contribution is 2.44. The summed E-state index contributed by atoms with van der Waals surface area (Å²) in [6, 6.07) is 7.20. The molecule has 0 spiro atoms. The number of carbonyl (C=O) groups is 1. The summed E-state index contributed by atoms with van der Waals surface area (Å²) in [4.78, 5) is 13.0. The van der Waals surface area contributed by atoms with Gasteiger partial charge >= 0.3 is 0 Å². The van der Waals surface area contributed by atoms with Crippen molar-refractivity contribution in [3.8, 4) is 0 Å². The molecule has 152 valence electrons. The second kappa shape index (κ2) is 8.10. The molecule has 3 rings (SSSR count). The van der Waals surface area contributed by atoms with Gasteiger partial charge in [0.1, 0.15) is 0 Å². The van der Waals surface area contributed by atoms with Crippen LogP contribution in [-0.2, 0) is 20.4 Å². The summed E-state index contributed by atoms with van der Waals surface area (Å²) in [5.41, 5.74) is 1.19. The lowest BCUT2D eigenvalue weighted by atomic mass is 9.67. The highest BCUT2D eigenvalue weighted by Gasteiger charge is 2.49. The van der Waals surface area contributed by atoms with Gasteiger partial charge in [-0.15, -0.1) is 12.4 Å². The molecule has 1 heterocycles. The van der Waals surface area contributed by atoms with Gasteiger partial charge in [0.25, 0.3) is 0 Å². The largest absolute Gasteiger partial charge is 0.326 e. The number of sulfone groups is 1. The Morgan fingerprint density at radius 2 is 1.89 bits per heavy atom. The lowest BCUT2D eigenvalue weighted by Crippen LogP contribution is -2.44. The second-order valence-corrected chi connectivity index (χ2v) is 11.5. The van der Waals surface area contributed by atoms with Crippen LogP contribution in [0.3, 0.4) is 0 Å². The van der Waals surface area contributed by atoms with E-state index in [4.69, 9.17) is 0 Å². The standard InChI is InChI=1S/C20H30N2O3S.ClH/c1-19(2,3)26(24,25)13-15-7-9-17(10-8-15)22-18(23)20-11-5-4-6-16(20)12-21-14-20;/h7-10,16,21H,4-6,11-14H2,1-3H3,(H,22,23);1H/t16-,20+;/m0./s1. The summed E-state index contributed by atoms with van der Waals surface area (Å²) in [6.45, 7) is 6.83. The molecule has 1 saturated carbocycles. The van der Waals surface area contributed by atoms with E-state index in [2.05, 4.69) is 10.6 Å². The Bertz CT molecular complexity index is 771. The van der Waals surface area contributed by atoms with E-state index < -0.39 is 14.6 Å². The Kier molecular flexibility index (Phi) is 6.65. The molecule has 2 aliphatic rings. The van der Waals surface area contributed by atoms with Crippen molar-refractivity contribution in [3.05, 3.63) is 29.8 Å². The summed E-state index contributed by atoms with van der Waals surface area (Å²) in [5, 5.41) is 6.46. The van der Waals surface area contributed by atoms with E-state index in [1.807, 2.05) is 12.1 Å². The maximum atomic E-state index is 13.0. The quantitative estimate of drug-likeness (QED) is 0.790. The summed E-state index contributed by atoms with van der Waals surface area (Å²) in [6.07, 6.45) is 4.37. The van der Waals surface area contributed by atoms with E-state index >= 15 is 0 Å². The molecule has 1 aromatic carbocycles. The molecule has 1 aliphatic carbocycles. The third-order valence-corrected chi connectivity index (χ3v) is 8.57. The predicted octanol–water partition coefficient (Wildman–Crippen LogP) is 3.54. The zero-order valence-electron chi connectivity index (χ0n) is 16.4. The molecule has 0 bridgehead atoms. The van der Waals surface area contributed by atoms with Gasteiger partial charge in [-0.3, -0.25) is 4.79 Å². The normalized spacial score (nSPS) is 25.4. The fourth-order valence-corrected chi connectivity index (χ4v) is 5.13. The van der Waals surface area contributed by atoms with Crippen molar-refractivity contribution in [3.63, 3.8) is 0 Å². The van der Waals surface area contributed by atoms with Crippen molar-refractivity contribution in [2.45, 2.75) is 57.0 Å². The molecule has 7 heteroatoms. The van der Waals surface area contributed by atoms with Crippen molar-refractivity contribution >= 4 is 33.8 Å². The van der Waals surface area contributed by atoms with Gasteiger partial charge in [0.2, 0.25) is 5.91 Å². The van der Waals surface area contributed by atoms with Crippen LogP contribution in [-0.4, -0.2) is 32.2 Å². The second-order valence-electron chi connectivity index (χ2n) is 8.75. The van der Waals surface area contributed by atoms with Crippen LogP contribution in [0.25, 0.3) is 0 Å². The Morgan fingerprint density at radius 3 is 2.52 bits per heavy atom. The Morgan fingerprint density at radius 1 is 1.22 bits per heavy atom. The average molecular weight is 415 g/mol. The molecule has 1 saturated heterocycles. The van der Waals surface area contributed by atoms with Crippen LogP contribution in [0.2, 0.25) is 0 Å². The van der Waals surface area contributed by atoms with Crippen LogP contribution in [0.15, 0.2) is 24.3 Å². The van der Waals surface area contributed by atoms with Gasteiger partial charge < -0.3 is 10.6 Å². The number of benzene rings is 1. The first kappa shape index (κ1) is 22.2. The van der Waals surface area contributed by atoms with Crippen LogP contribution in [0.4, 0.5) is 5.69 Å². The van der Waals surface area contributed by atoms with Gasteiger partial charge in [-0.2, -0.15) is 0 Å². The smallest absolute Gasteiger partial charge is 0.232 e. The molecule has 2 N–H and O–H groups in total. The van der Waals surface area contributed by atoms with Gasteiger partial charge in [0.05, 0.1) is 15.9 Å². The van der Waals surface area contributed by atoms with E-state index in [1.54, 1.807) is 32.9 Å². The maximum absolute atomic E-state index is 13.0. The number of halogens is 1. The monoisotopic (exact) mass is 414 g/mol. The fourth-order valence-electron chi connectivity index (χ4n) is 4.07. The van der Waals surface area contributed by atoms with Gasteiger partial charge in [-0.05, 0) is 63.8 Å². The Hall–Kier alpha value is -1.11. The molecule has 2 fully saturated rings. The van der Waals surface area contributed by atoms with Crippen LogP contribution in [0, 0.1) is 11.3 Å². The minimum Gasteiger partial charge on any atom is -0.326 e. The third-order valence-electron chi connectivity index (χ3n) is 5.99. The first-order valence-corrected chi connectivity index (χ1v) is 11.1. The Balaban J connectivity index is 0.00000261. The van der Waals surface area contributed by atoms with E-state index in [0.717, 1.165) is 43.6 Å². The topological polar surface area (TPSA) is 75.3 Å². The SMILES string of the molecule is CC(C)(C)S(=O)(=O)Cc1ccc(NC(=O)[C@@]23CCCC[C@H]2CNC3)cc1.Cl. The average Bonchev–Trinajstić information content (AvgIpc) is 3.00. The number of carbonyl (C=O) groups excluding carboxylic acids is 1. The molecule has 1 aliphatic heterocycles. The van der Waals surface area contributed by atoms with Crippen LogP contribution >= 0.6 is 12.4 Å². The molecule has 0 unspecified atom stereocenters. The minimum atomic E-state index is -3.21. The van der Waals surface area contributed by atoms with Gasteiger partial charge in [-0.1, -0.05) is 25.0 Å². The predicted molar refractivity (Wildman–Crippen MR) is 112 cm³/mol. The molecule has 2 atom stereocenters. The van der Waals surface area contributed by atoms with Crippen molar-refractivity contribution < 1.29 is 13.2 Å². The summed E-state index contributed by atoms with van der Waals surface area (Å²) in [7, 11) is -3.21. The number of hydrogen-bond acceptors (Lipinski definition) is 4. The van der Waals surface area contributed by atoms with Gasteiger partial charge in [-0.25, -0.2) is 8.42 Å². The van der Waals surface area contributed by atoms with Crippen LogP contribution in [0.1, 0.15) is 52.0 Å². The van der Waals surface area contributed by atoms with E-state index in [-0.39, 0.29) is 29.5 Å². The van der Waals surface area contributed by atoms with Gasteiger partial charge in [0.15, 0.2) is 9.84 Å². The third kappa shape index (κ3) is 4.49. The molecular formula is C20H31ClN2O3S. The summed E-state index contributed by atoms with van der Waals surface area (Å²) >= 11 is 0. The molecular weight excluding hydrogens is 384 g/mol. The lowest BCUT2D eigenvalue weighted by Gasteiger charge is -2.37. The van der Waals surface area contributed by atoms with Crippen molar-refractivity contribution in [2.75, 3.05) is 18.4 Å². The van der Waals surface area contributed by atoms with Crippen LogP contribution < -0.4 is 10.6 Å². The van der Waals surface area contributed by atoms with E-state index in [1.165, 1.54) is 6.42 Å². The number of anilines is 1. The summed E-state index contributed by atoms with van der Waals surface area (Å²) < 4.78 is 23.9.